The molecule has 112 valence electrons. The van der Waals surface area contributed by atoms with Crippen LogP contribution in [-0.4, -0.2) is 40.2 Å². The van der Waals surface area contributed by atoms with Crippen molar-refractivity contribution in [1.82, 2.24) is 20.0 Å². The smallest absolute Gasteiger partial charge is 0.220 e. The Hall–Kier alpha value is -1.36. The third-order valence-corrected chi connectivity index (χ3v) is 3.95. The van der Waals surface area contributed by atoms with Crippen molar-refractivity contribution in [3.05, 3.63) is 18.0 Å². The molecule has 2 heterocycles. The Morgan fingerprint density at radius 2 is 2.20 bits per heavy atom. The van der Waals surface area contributed by atoms with E-state index in [9.17, 15) is 4.79 Å². The molecule has 0 bridgehead atoms. The van der Waals surface area contributed by atoms with Crippen molar-refractivity contribution in [2.75, 3.05) is 19.6 Å². The molecule has 1 amide bonds. The van der Waals surface area contributed by atoms with E-state index < -0.39 is 0 Å². The number of carbonyl (C=O) groups excluding carboxylic acids is 1. The van der Waals surface area contributed by atoms with Gasteiger partial charge >= 0.3 is 0 Å². The molecule has 1 aromatic rings. The van der Waals surface area contributed by atoms with Crippen LogP contribution in [0.4, 0.5) is 0 Å². The number of nitrogens with one attached hydrogen (secondary N) is 1. The number of hydrogen-bond acceptors (Lipinski definition) is 3. The standard InChI is InChI=1S/C15H26N4O/c1-3-14(13-11-16-18(2)12-13)17-15(20)7-6-10-19-8-4-5-9-19/h11-12,14H,3-10H2,1-2H3,(H,17,20). The number of carbonyl (C=O) groups is 1. The summed E-state index contributed by atoms with van der Waals surface area (Å²) in [7, 11) is 1.90. The lowest BCUT2D eigenvalue weighted by Gasteiger charge is -2.17. The molecule has 1 atom stereocenters. The average Bonchev–Trinajstić information content (AvgIpc) is 3.07. The second-order valence-electron chi connectivity index (χ2n) is 5.63. The van der Waals surface area contributed by atoms with Gasteiger partial charge in [0.05, 0.1) is 12.2 Å². The van der Waals surface area contributed by atoms with Crippen LogP contribution in [0.2, 0.25) is 0 Å². The van der Waals surface area contributed by atoms with Crippen LogP contribution in [0.5, 0.6) is 0 Å². The molecule has 0 spiro atoms. The third-order valence-electron chi connectivity index (χ3n) is 3.95. The highest BCUT2D eigenvalue weighted by Gasteiger charge is 2.15. The number of rotatable bonds is 7. The Labute approximate surface area is 121 Å². The van der Waals surface area contributed by atoms with E-state index in [-0.39, 0.29) is 11.9 Å². The van der Waals surface area contributed by atoms with Gasteiger partial charge in [0.1, 0.15) is 0 Å². The summed E-state index contributed by atoms with van der Waals surface area (Å²) in [5.41, 5.74) is 1.09. The maximum atomic E-state index is 12.0. The fourth-order valence-corrected chi connectivity index (χ4v) is 2.78. The van der Waals surface area contributed by atoms with Crippen molar-refractivity contribution < 1.29 is 4.79 Å². The minimum atomic E-state index is 0.0861. The van der Waals surface area contributed by atoms with Crippen LogP contribution in [-0.2, 0) is 11.8 Å². The lowest BCUT2D eigenvalue weighted by molar-refractivity contribution is -0.122. The van der Waals surface area contributed by atoms with Crippen LogP contribution in [0.25, 0.3) is 0 Å². The summed E-state index contributed by atoms with van der Waals surface area (Å²) >= 11 is 0. The van der Waals surface area contributed by atoms with E-state index in [1.165, 1.54) is 25.9 Å². The predicted molar refractivity (Wildman–Crippen MR) is 79.3 cm³/mol. The number of likely N-dealkylation sites (tertiary alicyclic amines) is 1. The first-order valence-electron chi connectivity index (χ1n) is 7.69. The van der Waals surface area contributed by atoms with Crippen LogP contribution in [0.15, 0.2) is 12.4 Å². The van der Waals surface area contributed by atoms with Gasteiger partial charge in [0.2, 0.25) is 5.91 Å². The largest absolute Gasteiger partial charge is 0.349 e. The summed E-state index contributed by atoms with van der Waals surface area (Å²) in [5, 5.41) is 7.28. The Balaban J connectivity index is 1.71. The molecule has 1 saturated heterocycles. The zero-order valence-electron chi connectivity index (χ0n) is 12.6. The highest BCUT2D eigenvalue weighted by atomic mass is 16.1. The summed E-state index contributed by atoms with van der Waals surface area (Å²) in [5.74, 6) is 0.153. The Morgan fingerprint density at radius 1 is 1.45 bits per heavy atom. The summed E-state index contributed by atoms with van der Waals surface area (Å²) in [6.07, 6.45) is 8.89. The number of amides is 1. The topological polar surface area (TPSA) is 50.2 Å². The summed E-state index contributed by atoms with van der Waals surface area (Å²) in [6.45, 7) is 5.54. The Bertz CT molecular complexity index is 423. The van der Waals surface area contributed by atoms with Crippen molar-refractivity contribution in [2.24, 2.45) is 7.05 Å². The quantitative estimate of drug-likeness (QED) is 0.828. The Morgan fingerprint density at radius 3 is 2.80 bits per heavy atom. The van der Waals surface area contributed by atoms with E-state index in [1.807, 2.05) is 19.4 Å². The van der Waals surface area contributed by atoms with Crippen molar-refractivity contribution >= 4 is 5.91 Å². The van der Waals surface area contributed by atoms with E-state index in [1.54, 1.807) is 4.68 Å². The second kappa shape index (κ2) is 7.43. The first-order chi connectivity index (χ1) is 9.69. The fourth-order valence-electron chi connectivity index (χ4n) is 2.78. The molecule has 1 N–H and O–H groups in total. The Kier molecular flexibility index (Phi) is 5.59. The average molecular weight is 278 g/mol. The molecule has 1 aliphatic rings. The van der Waals surface area contributed by atoms with Crippen LogP contribution in [0.3, 0.4) is 0 Å². The third kappa shape index (κ3) is 4.34. The van der Waals surface area contributed by atoms with Gasteiger partial charge in [-0.1, -0.05) is 6.92 Å². The van der Waals surface area contributed by atoms with Gasteiger partial charge in [-0.25, -0.2) is 0 Å². The second-order valence-corrected chi connectivity index (χ2v) is 5.63. The van der Waals surface area contributed by atoms with Crippen LogP contribution in [0, 0.1) is 0 Å². The molecule has 5 heteroatoms. The molecule has 0 saturated carbocycles. The molecule has 20 heavy (non-hydrogen) atoms. The molecular weight excluding hydrogens is 252 g/mol. The van der Waals surface area contributed by atoms with Gasteiger partial charge < -0.3 is 10.2 Å². The normalized spacial score (nSPS) is 17.3. The van der Waals surface area contributed by atoms with E-state index >= 15 is 0 Å². The molecular formula is C15H26N4O. The fraction of sp³-hybridized carbons (Fsp3) is 0.733. The summed E-state index contributed by atoms with van der Waals surface area (Å²) < 4.78 is 1.78. The van der Waals surface area contributed by atoms with Gasteiger partial charge in [-0.2, -0.15) is 5.10 Å². The van der Waals surface area contributed by atoms with Crippen molar-refractivity contribution in [1.29, 1.82) is 0 Å². The first-order valence-corrected chi connectivity index (χ1v) is 7.69. The number of nitrogens with zero attached hydrogens (tertiary/aromatic N) is 3. The summed E-state index contributed by atoms with van der Waals surface area (Å²) in [4.78, 5) is 14.5. The molecule has 0 aliphatic carbocycles. The molecule has 1 fully saturated rings. The van der Waals surface area contributed by atoms with Gasteiger partial charge in [0.25, 0.3) is 0 Å². The summed E-state index contributed by atoms with van der Waals surface area (Å²) in [6, 6.07) is 0.0861. The van der Waals surface area contributed by atoms with E-state index in [0.717, 1.165) is 24.9 Å². The van der Waals surface area contributed by atoms with Crippen LogP contribution in [0.1, 0.15) is 50.6 Å². The van der Waals surface area contributed by atoms with Crippen LogP contribution < -0.4 is 5.32 Å². The maximum Gasteiger partial charge on any atom is 0.220 e. The van der Waals surface area contributed by atoms with Gasteiger partial charge in [-0.15, -0.1) is 0 Å². The molecule has 2 rings (SSSR count). The minimum absolute atomic E-state index is 0.0861. The van der Waals surface area contributed by atoms with Gasteiger partial charge in [-0.3, -0.25) is 9.48 Å². The van der Waals surface area contributed by atoms with Crippen molar-refractivity contribution in [3.63, 3.8) is 0 Å². The first kappa shape index (κ1) is 15.0. The molecule has 5 nitrogen and oxygen atoms in total. The zero-order chi connectivity index (χ0) is 14.4. The maximum absolute atomic E-state index is 12.0. The lowest BCUT2D eigenvalue weighted by Crippen LogP contribution is -2.29. The van der Waals surface area contributed by atoms with Gasteiger partial charge in [-0.05, 0) is 45.3 Å². The molecule has 0 radical (unpaired) electrons. The highest BCUT2D eigenvalue weighted by molar-refractivity contribution is 5.76. The molecule has 1 aliphatic heterocycles. The number of aryl methyl sites for hydroxylation is 1. The monoisotopic (exact) mass is 278 g/mol. The molecule has 1 unspecified atom stereocenters. The SMILES string of the molecule is CCC(NC(=O)CCCN1CCCC1)c1cnn(C)c1. The molecule has 0 aromatic carbocycles. The number of aromatic nitrogens is 2. The van der Waals surface area contributed by atoms with E-state index in [4.69, 9.17) is 0 Å². The van der Waals surface area contributed by atoms with Gasteiger partial charge in [0.15, 0.2) is 0 Å². The zero-order valence-corrected chi connectivity index (χ0v) is 12.6. The lowest BCUT2D eigenvalue weighted by atomic mass is 10.1. The van der Waals surface area contributed by atoms with Crippen molar-refractivity contribution in [3.8, 4) is 0 Å². The van der Waals surface area contributed by atoms with E-state index in [0.29, 0.717) is 6.42 Å². The number of hydrogen-bond donors (Lipinski definition) is 1. The highest BCUT2D eigenvalue weighted by Crippen LogP contribution is 2.15. The van der Waals surface area contributed by atoms with Crippen molar-refractivity contribution in [2.45, 2.75) is 45.1 Å². The van der Waals surface area contributed by atoms with Crippen LogP contribution >= 0.6 is 0 Å². The van der Waals surface area contributed by atoms with Gasteiger partial charge in [0, 0.05) is 25.2 Å². The molecule has 1 aromatic heterocycles. The predicted octanol–water partition coefficient (Wildman–Crippen LogP) is 1.86. The van der Waals surface area contributed by atoms with E-state index in [2.05, 4.69) is 22.2 Å². The minimum Gasteiger partial charge on any atom is -0.349 e.